The van der Waals surface area contributed by atoms with Crippen molar-refractivity contribution in [2.24, 2.45) is 9.98 Å². The zero-order chi connectivity index (χ0) is 34.8. The van der Waals surface area contributed by atoms with Crippen LogP contribution < -0.4 is 31.6 Å². The van der Waals surface area contributed by atoms with E-state index >= 15 is 0 Å². The number of rotatable bonds is 6. The highest BCUT2D eigenvalue weighted by Gasteiger charge is 2.54. The van der Waals surface area contributed by atoms with E-state index < -0.39 is 0 Å². The van der Waals surface area contributed by atoms with E-state index in [1.54, 1.807) is 0 Å². The lowest BCUT2D eigenvalue weighted by Gasteiger charge is -2.22. The summed E-state index contributed by atoms with van der Waals surface area (Å²) in [6.45, 7) is 0. The van der Waals surface area contributed by atoms with Gasteiger partial charge in [0.1, 0.15) is 23.0 Å². The summed E-state index contributed by atoms with van der Waals surface area (Å²) in [5.74, 6) is 2.97. The lowest BCUT2D eigenvalue weighted by molar-refractivity contribution is 0.482. The van der Waals surface area contributed by atoms with E-state index in [9.17, 15) is 0 Å². The van der Waals surface area contributed by atoms with E-state index in [0.29, 0.717) is 17.4 Å². The van der Waals surface area contributed by atoms with Crippen LogP contribution in [0.5, 0.6) is 23.0 Å². The van der Waals surface area contributed by atoms with Gasteiger partial charge in [-0.2, -0.15) is 0 Å². The van der Waals surface area contributed by atoms with Crippen LogP contribution in [0.4, 0.5) is 11.4 Å². The Morgan fingerprint density at radius 1 is 0.558 bits per heavy atom. The summed E-state index contributed by atoms with van der Waals surface area (Å²) in [6, 6.07) is 35.9. The second-order valence-corrected chi connectivity index (χ2v) is 13.2. The number of benzene rings is 4. The van der Waals surface area contributed by atoms with Crippen LogP contribution in [0.3, 0.4) is 0 Å². The van der Waals surface area contributed by atoms with Crippen molar-refractivity contribution in [1.29, 1.82) is 0 Å². The Morgan fingerprint density at radius 2 is 1.13 bits per heavy atom. The summed E-state index contributed by atoms with van der Waals surface area (Å²) >= 11 is 0. The van der Waals surface area contributed by atoms with E-state index in [2.05, 4.69) is 88.8 Å². The third-order valence-corrected chi connectivity index (χ3v) is 9.74. The third-order valence-electron chi connectivity index (χ3n) is 9.74. The first-order valence-electron chi connectivity index (χ1n) is 17.2. The standard InChI is InChI=1S/C44H32N6O2/c45-28-5-16-35(17-6-28)51-33-12-1-26(2-13-33)43-37-20-9-30(47-37)23-31-10-22-39(48-31)44(42-25-41-40(50(41)42)24-32-11-21-38(43)49-32)27-3-14-34(15-4-27)52-36-18-7-29(46)8-19-36/h1-25,40-41,47H,45-46H2/b30-23-,32-24-,43-37-,44-39-. The van der Waals surface area contributed by atoms with E-state index in [4.69, 9.17) is 30.9 Å². The number of hydrogen-bond donors (Lipinski definition) is 3. The molecule has 1 saturated heterocycles. The monoisotopic (exact) mass is 676 g/mol. The van der Waals surface area contributed by atoms with Gasteiger partial charge < -0.3 is 30.8 Å². The number of allylic oxidation sites excluding steroid dienone is 5. The Hall–Kier alpha value is -7.06. The number of nitrogens with two attached hydrogens (primary N) is 2. The number of nitrogens with zero attached hydrogens (tertiary/aromatic N) is 3. The molecule has 8 nitrogen and oxygen atoms in total. The van der Waals surface area contributed by atoms with Crippen LogP contribution in [0, 0.1) is 0 Å². The average molecular weight is 677 g/mol. The van der Waals surface area contributed by atoms with E-state index in [0.717, 1.165) is 78.8 Å². The number of fused-ring (bicyclic) bond motifs is 5. The van der Waals surface area contributed by atoms with E-state index in [1.165, 1.54) is 5.70 Å². The Balaban J connectivity index is 1.02. The molecule has 250 valence electrons. The van der Waals surface area contributed by atoms with Crippen LogP contribution in [-0.4, -0.2) is 33.4 Å². The average Bonchev–Trinajstić information content (AvgIpc) is 3.70. The fourth-order valence-corrected chi connectivity index (χ4v) is 7.10. The molecule has 5 N–H and O–H groups in total. The van der Waals surface area contributed by atoms with Crippen molar-refractivity contribution in [2.45, 2.75) is 12.1 Å². The van der Waals surface area contributed by atoms with Crippen LogP contribution in [0.25, 0.3) is 17.2 Å². The summed E-state index contributed by atoms with van der Waals surface area (Å²) in [5, 5.41) is 1.92. The highest BCUT2D eigenvalue weighted by Crippen LogP contribution is 2.51. The predicted octanol–water partition coefficient (Wildman–Crippen LogP) is 7.02. The Labute approximate surface area is 299 Å². The molecule has 6 heterocycles. The SMILES string of the molecule is Nc1ccc(Oc2ccc(/C3=C4\C=CC(=N4)/C=c4/cc/c([nH]4)=C(\c4ccc(Oc5ccc(N)cc5)cc4)C4=N/C(=C\C5C6C=C3N65)C=C4)cc2)cc1. The topological polar surface area (TPSA) is 114 Å². The quantitative estimate of drug-likeness (QED) is 0.132. The van der Waals surface area contributed by atoms with E-state index in [-0.39, 0.29) is 6.04 Å². The number of aromatic nitrogens is 1. The number of aromatic amines is 1. The molecule has 6 bridgehead atoms. The Morgan fingerprint density at radius 3 is 1.77 bits per heavy atom. The molecule has 2 atom stereocenters. The molecular formula is C44H32N6O2. The molecule has 0 spiro atoms. The zero-order valence-electron chi connectivity index (χ0n) is 27.9. The number of ether oxygens (including phenoxy) is 2. The smallest absolute Gasteiger partial charge is 0.127 e. The van der Waals surface area contributed by atoms with Gasteiger partial charge in [-0.05, 0) is 139 Å². The third kappa shape index (κ3) is 5.43. The van der Waals surface area contributed by atoms with Gasteiger partial charge in [0.15, 0.2) is 0 Å². The predicted molar refractivity (Wildman–Crippen MR) is 207 cm³/mol. The maximum atomic E-state index is 6.09. The number of nitrogens with one attached hydrogen (secondary N) is 1. The van der Waals surface area contributed by atoms with Gasteiger partial charge in [0.2, 0.25) is 0 Å². The highest BCUT2D eigenvalue weighted by atomic mass is 16.5. The van der Waals surface area contributed by atoms with Crippen LogP contribution in [0.15, 0.2) is 173 Å². The van der Waals surface area contributed by atoms with Crippen LogP contribution in [0.2, 0.25) is 0 Å². The summed E-state index contributed by atoms with van der Waals surface area (Å²) in [7, 11) is 0. The maximum absolute atomic E-state index is 6.09. The molecular weight excluding hydrogens is 645 g/mol. The number of hydrogen-bond acceptors (Lipinski definition) is 7. The lowest BCUT2D eigenvalue weighted by atomic mass is 9.97. The minimum atomic E-state index is 0.236. The van der Waals surface area contributed by atoms with Gasteiger partial charge in [0, 0.05) is 38.9 Å². The Kier molecular flexibility index (Phi) is 6.75. The molecule has 4 aromatic carbocycles. The van der Waals surface area contributed by atoms with Crippen LogP contribution >= 0.6 is 0 Å². The minimum Gasteiger partial charge on any atom is -0.457 e. The van der Waals surface area contributed by atoms with Crippen LogP contribution in [-0.2, 0) is 0 Å². The molecule has 5 aliphatic rings. The number of nitrogen functional groups attached to an aromatic ring is 2. The second-order valence-electron chi connectivity index (χ2n) is 13.2. The molecule has 2 unspecified atom stereocenters. The molecule has 0 amide bonds. The molecule has 1 fully saturated rings. The fourth-order valence-electron chi connectivity index (χ4n) is 7.10. The van der Waals surface area contributed by atoms with Gasteiger partial charge in [0.05, 0.1) is 34.9 Å². The summed E-state index contributed by atoms with van der Waals surface area (Å²) < 4.78 is 12.2. The Bertz CT molecular complexity index is 2620. The molecule has 0 aliphatic carbocycles. The first kappa shape index (κ1) is 29.8. The van der Waals surface area contributed by atoms with Crippen LogP contribution in [0.1, 0.15) is 11.1 Å². The first-order valence-corrected chi connectivity index (χ1v) is 17.2. The molecule has 5 aromatic rings. The largest absolute Gasteiger partial charge is 0.457 e. The zero-order valence-corrected chi connectivity index (χ0v) is 27.9. The van der Waals surface area contributed by atoms with Gasteiger partial charge in [-0.1, -0.05) is 24.3 Å². The second kappa shape index (κ2) is 11.8. The fraction of sp³-hybridized carbons (Fsp3) is 0.0455. The summed E-state index contributed by atoms with van der Waals surface area (Å²) in [6.07, 6.45) is 15.1. The van der Waals surface area contributed by atoms with Gasteiger partial charge in [-0.15, -0.1) is 0 Å². The van der Waals surface area contributed by atoms with Crippen molar-refractivity contribution in [3.8, 4) is 23.0 Å². The van der Waals surface area contributed by atoms with Gasteiger partial charge >= 0.3 is 0 Å². The number of aliphatic imine (C=N–C) groups is 2. The molecule has 52 heavy (non-hydrogen) atoms. The number of anilines is 2. The molecule has 0 radical (unpaired) electrons. The number of H-pyrrole nitrogens is 1. The van der Waals surface area contributed by atoms with Crippen molar-refractivity contribution < 1.29 is 9.47 Å². The summed E-state index contributed by atoms with van der Waals surface area (Å²) in [5.41, 5.74) is 22.1. The molecule has 10 rings (SSSR count). The molecule has 1 aromatic heterocycles. The lowest BCUT2D eigenvalue weighted by Crippen LogP contribution is -2.18. The first-order chi connectivity index (χ1) is 25.5. The van der Waals surface area contributed by atoms with Gasteiger partial charge in [-0.3, -0.25) is 0 Å². The van der Waals surface area contributed by atoms with Crippen molar-refractivity contribution in [3.63, 3.8) is 0 Å². The molecule has 5 aliphatic heterocycles. The van der Waals surface area contributed by atoms with Gasteiger partial charge in [-0.25, -0.2) is 9.98 Å². The minimum absolute atomic E-state index is 0.236. The van der Waals surface area contributed by atoms with Crippen molar-refractivity contribution in [1.82, 2.24) is 9.88 Å². The molecule has 8 heteroatoms. The normalized spacial score (nSPS) is 23.3. The van der Waals surface area contributed by atoms with Crippen molar-refractivity contribution in [2.75, 3.05) is 11.5 Å². The molecule has 0 saturated carbocycles. The highest BCUT2D eigenvalue weighted by molar-refractivity contribution is 6.30. The maximum Gasteiger partial charge on any atom is 0.127 e. The van der Waals surface area contributed by atoms with E-state index in [1.807, 2.05) is 72.8 Å². The summed E-state index contributed by atoms with van der Waals surface area (Å²) in [4.78, 5) is 16.3. The van der Waals surface area contributed by atoms with Crippen molar-refractivity contribution >= 4 is 40.0 Å². The van der Waals surface area contributed by atoms with Crippen molar-refractivity contribution in [3.05, 3.63) is 185 Å². The van der Waals surface area contributed by atoms with Gasteiger partial charge in [0.25, 0.3) is 0 Å².